The molecule has 2 aromatic heterocycles. The van der Waals surface area contributed by atoms with E-state index in [4.69, 9.17) is 5.73 Å². The number of nitrogens with two attached hydrogens (primary N) is 1. The minimum Gasteiger partial charge on any atom is -0.353 e. The van der Waals surface area contributed by atoms with Gasteiger partial charge < -0.3 is 11.1 Å². The Kier molecular flexibility index (Phi) is 5.24. The molecule has 0 atom stereocenters. The van der Waals surface area contributed by atoms with Crippen LogP contribution in [0.15, 0.2) is 59.4 Å². The zero-order valence-corrected chi connectivity index (χ0v) is 16.2. The molecule has 0 radical (unpaired) electrons. The van der Waals surface area contributed by atoms with E-state index in [-0.39, 0.29) is 11.6 Å². The lowest BCUT2D eigenvalue weighted by molar-refractivity contribution is 0.568. The first-order valence-electron chi connectivity index (χ1n) is 9.39. The molecule has 0 aliphatic carbocycles. The molecule has 0 amide bonds. The number of halogens is 2. The van der Waals surface area contributed by atoms with Gasteiger partial charge in [-0.2, -0.15) is 4.98 Å². The molecule has 4 aromatic rings. The number of pyridine rings is 1. The molecular weight excluding hydrogens is 388 g/mol. The molecule has 2 aromatic carbocycles. The normalized spacial score (nSPS) is 11.1. The van der Waals surface area contributed by atoms with Crippen molar-refractivity contribution in [2.75, 3.05) is 18.4 Å². The Morgan fingerprint density at radius 2 is 1.73 bits per heavy atom. The van der Waals surface area contributed by atoms with Crippen LogP contribution in [0.2, 0.25) is 0 Å². The third-order valence-corrected chi connectivity index (χ3v) is 4.74. The summed E-state index contributed by atoms with van der Waals surface area (Å²) < 4.78 is 30.1. The van der Waals surface area contributed by atoms with Crippen LogP contribution in [0, 0.1) is 18.6 Å². The van der Waals surface area contributed by atoms with E-state index in [1.807, 2.05) is 31.2 Å². The molecule has 0 saturated carbocycles. The Balaban J connectivity index is 2.12. The monoisotopic (exact) mass is 407 g/mol. The van der Waals surface area contributed by atoms with Crippen molar-refractivity contribution in [3.63, 3.8) is 0 Å². The molecule has 2 heterocycles. The molecule has 0 fully saturated rings. The number of fused-ring (bicyclic) bond motifs is 1. The predicted molar refractivity (Wildman–Crippen MR) is 113 cm³/mol. The van der Waals surface area contributed by atoms with Crippen LogP contribution in [0.1, 0.15) is 5.56 Å². The number of benzene rings is 2. The summed E-state index contributed by atoms with van der Waals surface area (Å²) in [7, 11) is 0. The van der Waals surface area contributed by atoms with Crippen molar-refractivity contribution in [1.82, 2.24) is 14.5 Å². The van der Waals surface area contributed by atoms with Crippen molar-refractivity contribution in [3.8, 4) is 16.9 Å². The van der Waals surface area contributed by atoms with Crippen molar-refractivity contribution < 1.29 is 8.78 Å². The van der Waals surface area contributed by atoms with E-state index < -0.39 is 22.9 Å². The van der Waals surface area contributed by atoms with Crippen LogP contribution in [-0.2, 0) is 0 Å². The number of nitrogens with zero attached hydrogens (tertiary/aromatic N) is 3. The van der Waals surface area contributed by atoms with E-state index in [9.17, 15) is 13.6 Å². The van der Waals surface area contributed by atoms with Crippen LogP contribution in [0.4, 0.5) is 14.7 Å². The van der Waals surface area contributed by atoms with Gasteiger partial charge in [0.1, 0.15) is 17.3 Å². The van der Waals surface area contributed by atoms with Crippen LogP contribution >= 0.6 is 0 Å². The lowest BCUT2D eigenvalue weighted by Crippen LogP contribution is -2.22. The van der Waals surface area contributed by atoms with E-state index in [0.717, 1.165) is 27.8 Å². The van der Waals surface area contributed by atoms with E-state index in [1.165, 1.54) is 12.1 Å². The molecule has 0 saturated heterocycles. The Hall–Kier alpha value is -3.65. The second-order valence-electron chi connectivity index (χ2n) is 6.74. The Morgan fingerprint density at radius 1 is 1.00 bits per heavy atom. The highest BCUT2D eigenvalue weighted by molar-refractivity contribution is 5.92. The molecule has 4 rings (SSSR count). The quantitative estimate of drug-likeness (QED) is 0.530. The summed E-state index contributed by atoms with van der Waals surface area (Å²) in [6.45, 7) is 2.66. The fraction of sp³-hybridized carbons (Fsp3) is 0.136. The minimum absolute atomic E-state index is 0.0966. The topological polar surface area (TPSA) is 85.8 Å². The molecule has 0 unspecified atom stereocenters. The standard InChI is InChI=1S/C22H19F2N5O/c1-13-5-2-3-6-14(13)19-15-9-10-18(30)29(20-16(23)7-4-8-17(20)24)21(15)28-22(27-19)26-12-11-25/h2-10H,11-12,25H2,1H3,(H,26,27,28). The van der Waals surface area contributed by atoms with Crippen LogP contribution in [0.3, 0.4) is 0 Å². The first-order chi connectivity index (χ1) is 14.5. The van der Waals surface area contributed by atoms with Gasteiger partial charge in [0.2, 0.25) is 5.95 Å². The third kappa shape index (κ3) is 3.42. The summed E-state index contributed by atoms with van der Waals surface area (Å²) in [6, 6.07) is 13.9. The average molecular weight is 407 g/mol. The highest BCUT2D eigenvalue weighted by atomic mass is 19.1. The molecule has 6 nitrogen and oxygen atoms in total. The SMILES string of the molecule is Cc1ccccc1-c1nc(NCCN)nc2c1ccc(=O)n2-c1c(F)cccc1F. The molecule has 152 valence electrons. The highest BCUT2D eigenvalue weighted by Crippen LogP contribution is 2.30. The van der Waals surface area contributed by atoms with Crippen molar-refractivity contribution in [2.24, 2.45) is 5.73 Å². The van der Waals surface area contributed by atoms with E-state index >= 15 is 0 Å². The second-order valence-corrected chi connectivity index (χ2v) is 6.74. The average Bonchev–Trinajstić information content (AvgIpc) is 2.73. The maximum atomic E-state index is 14.6. The van der Waals surface area contributed by atoms with Crippen LogP contribution in [-0.4, -0.2) is 27.6 Å². The number of nitrogens with one attached hydrogen (secondary N) is 1. The number of hydrogen-bond acceptors (Lipinski definition) is 5. The molecule has 8 heteroatoms. The zero-order chi connectivity index (χ0) is 21.3. The number of rotatable bonds is 5. The Labute approximate surface area is 171 Å². The van der Waals surface area contributed by atoms with E-state index in [1.54, 1.807) is 6.07 Å². The second kappa shape index (κ2) is 8.00. The summed E-state index contributed by atoms with van der Waals surface area (Å²) in [5.41, 5.74) is 6.91. The maximum Gasteiger partial charge on any atom is 0.256 e. The van der Waals surface area contributed by atoms with Crippen LogP contribution in [0.5, 0.6) is 0 Å². The molecule has 0 aliphatic heterocycles. The van der Waals surface area contributed by atoms with Gasteiger partial charge in [0.25, 0.3) is 5.56 Å². The van der Waals surface area contributed by atoms with Gasteiger partial charge in [-0.1, -0.05) is 30.3 Å². The molecular formula is C22H19F2N5O. The predicted octanol–water partition coefficient (Wildman–Crippen LogP) is 3.40. The van der Waals surface area contributed by atoms with Gasteiger partial charge in [-0.05, 0) is 30.7 Å². The van der Waals surface area contributed by atoms with Gasteiger partial charge in [-0.15, -0.1) is 0 Å². The lowest BCUT2D eigenvalue weighted by atomic mass is 10.0. The molecule has 0 bridgehead atoms. The van der Waals surface area contributed by atoms with Gasteiger partial charge in [0, 0.05) is 30.1 Å². The molecule has 30 heavy (non-hydrogen) atoms. The number of para-hydroxylation sites is 1. The van der Waals surface area contributed by atoms with Crippen molar-refractivity contribution in [2.45, 2.75) is 6.92 Å². The summed E-state index contributed by atoms with van der Waals surface area (Å²) in [4.78, 5) is 21.7. The Morgan fingerprint density at radius 3 is 2.43 bits per heavy atom. The van der Waals surface area contributed by atoms with Gasteiger partial charge in [-0.3, -0.25) is 9.36 Å². The van der Waals surface area contributed by atoms with Gasteiger partial charge >= 0.3 is 0 Å². The van der Waals surface area contributed by atoms with Crippen molar-refractivity contribution in [3.05, 3.63) is 82.1 Å². The largest absolute Gasteiger partial charge is 0.353 e. The van der Waals surface area contributed by atoms with Gasteiger partial charge in [0.15, 0.2) is 5.65 Å². The number of hydrogen-bond donors (Lipinski definition) is 2. The van der Waals surface area contributed by atoms with Crippen LogP contribution in [0.25, 0.3) is 28.0 Å². The third-order valence-electron chi connectivity index (χ3n) is 4.74. The van der Waals surface area contributed by atoms with E-state index in [0.29, 0.717) is 24.2 Å². The lowest BCUT2D eigenvalue weighted by Gasteiger charge is -2.16. The fourth-order valence-corrected chi connectivity index (χ4v) is 3.34. The molecule has 0 aliphatic rings. The number of aryl methyl sites for hydroxylation is 1. The number of anilines is 1. The van der Waals surface area contributed by atoms with Crippen molar-refractivity contribution >= 4 is 17.0 Å². The minimum atomic E-state index is -0.864. The fourth-order valence-electron chi connectivity index (χ4n) is 3.34. The van der Waals surface area contributed by atoms with E-state index in [2.05, 4.69) is 15.3 Å². The molecule has 3 N–H and O–H groups in total. The zero-order valence-electron chi connectivity index (χ0n) is 16.2. The van der Waals surface area contributed by atoms with Gasteiger partial charge in [-0.25, -0.2) is 13.8 Å². The molecule has 0 spiro atoms. The van der Waals surface area contributed by atoms with Gasteiger partial charge in [0.05, 0.1) is 5.69 Å². The summed E-state index contributed by atoms with van der Waals surface area (Å²) in [6.07, 6.45) is 0. The first-order valence-corrected chi connectivity index (χ1v) is 9.39. The smallest absolute Gasteiger partial charge is 0.256 e. The number of aromatic nitrogens is 3. The summed E-state index contributed by atoms with van der Waals surface area (Å²) in [5.74, 6) is -1.52. The Bertz CT molecular complexity index is 1280. The maximum absolute atomic E-state index is 14.6. The highest BCUT2D eigenvalue weighted by Gasteiger charge is 2.19. The van der Waals surface area contributed by atoms with Crippen molar-refractivity contribution in [1.29, 1.82) is 0 Å². The first kappa shape index (κ1) is 19.7. The van der Waals surface area contributed by atoms with Crippen LogP contribution < -0.4 is 16.6 Å². The summed E-state index contributed by atoms with van der Waals surface area (Å²) in [5, 5.41) is 3.48. The summed E-state index contributed by atoms with van der Waals surface area (Å²) >= 11 is 0.